The largest absolute Gasteiger partial charge is 0.494 e. The zero-order chi connectivity index (χ0) is 20.5. The number of hydrogen-bond acceptors (Lipinski definition) is 6. The van der Waals surface area contributed by atoms with E-state index in [9.17, 15) is 9.59 Å². The van der Waals surface area contributed by atoms with Crippen LogP contribution in [0.2, 0.25) is 0 Å². The first-order chi connectivity index (χ1) is 14.1. The molecule has 154 valence electrons. The third-order valence-corrected chi connectivity index (χ3v) is 4.54. The molecule has 2 aromatic carbocycles. The van der Waals surface area contributed by atoms with Gasteiger partial charge in [0, 0.05) is 10.9 Å². The predicted molar refractivity (Wildman–Crippen MR) is 109 cm³/mol. The number of carbonyl (C=O) groups excluding carboxylic acids is 2. The second kappa shape index (κ2) is 10.7. The molecule has 0 aliphatic carbocycles. The first-order valence-electron chi connectivity index (χ1n) is 9.29. The van der Waals surface area contributed by atoms with Gasteiger partial charge in [0.15, 0.2) is 18.1 Å². The Morgan fingerprint density at radius 1 is 1.14 bits per heavy atom. The number of amides is 1. The number of ether oxygens (including phenoxy) is 4. The van der Waals surface area contributed by atoms with Gasteiger partial charge in [0.2, 0.25) is 0 Å². The molecule has 2 aromatic rings. The molecule has 1 atom stereocenters. The number of esters is 1. The van der Waals surface area contributed by atoms with Crippen molar-refractivity contribution in [1.82, 2.24) is 5.32 Å². The van der Waals surface area contributed by atoms with Crippen LogP contribution in [-0.4, -0.2) is 44.3 Å². The number of fused-ring (bicyclic) bond motifs is 1. The Morgan fingerprint density at radius 2 is 1.97 bits per heavy atom. The maximum absolute atomic E-state index is 11.9. The Morgan fingerprint density at radius 3 is 2.79 bits per heavy atom. The zero-order valence-electron chi connectivity index (χ0n) is 15.8. The summed E-state index contributed by atoms with van der Waals surface area (Å²) >= 11 is 3.37. The van der Waals surface area contributed by atoms with Crippen molar-refractivity contribution in [1.29, 1.82) is 0 Å². The van der Waals surface area contributed by atoms with Crippen LogP contribution in [0.5, 0.6) is 17.2 Å². The van der Waals surface area contributed by atoms with Gasteiger partial charge < -0.3 is 24.3 Å². The Balaban J connectivity index is 1.26. The lowest BCUT2D eigenvalue weighted by atomic mass is 10.2. The van der Waals surface area contributed by atoms with E-state index < -0.39 is 5.97 Å². The summed E-state index contributed by atoms with van der Waals surface area (Å²) in [7, 11) is 0. The zero-order valence-corrected chi connectivity index (χ0v) is 17.4. The van der Waals surface area contributed by atoms with Crippen molar-refractivity contribution in [2.75, 3.05) is 26.4 Å². The number of nitrogens with one attached hydrogen (secondary N) is 1. The highest BCUT2D eigenvalue weighted by Gasteiger charge is 2.21. The molecule has 29 heavy (non-hydrogen) atoms. The maximum Gasteiger partial charge on any atom is 0.306 e. The van der Waals surface area contributed by atoms with Crippen molar-refractivity contribution in [2.45, 2.75) is 18.9 Å². The van der Waals surface area contributed by atoms with E-state index >= 15 is 0 Å². The van der Waals surface area contributed by atoms with Crippen LogP contribution in [0.25, 0.3) is 0 Å². The van der Waals surface area contributed by atoms with Gasteiger partial charge in [-0.05, 0) is 36.8 Å². The summed E-state index contributed by atoms with van der Waals surface area (Å²) < 4.78 is 22.8. The lowest BCUT2D eigenvalue weighted by Gasteiger charge is -2.26. The molecule has 3 rings (SSSR count). The lowest BCUT2D eigenvalue weighted by molar-refractivity contribution is -0.148. The van der Waals surface area contributed by atoms with E-state index in [1.807, 2.05) is 48.5 Å². The van der Waals surface area contributed by atoms with Crippen LogP contribution in [0, 0.1) is 0 Å². The predicted octanol–water partition coefficient (Wildman–Crippen LogP) is 3.11. The number of hydrogen-bond donors (Lipinski definition) is 1. The molecular formula is C21H22BrNO6. The van der Waals surface area contributed by atoms with Crippen molar-refractivity contribution < 1.29 is 28.5 Å². The van der Waals surface area contributed by atoms with Crippen molar-refractivity contribution in [3.05, 3.63) is 53.0 Å². The number of carbonyl (C=O) groups is 2. The van der Waals surface area contributed by atoms with Gasteiger partial charge in [-0.2, -0.15) is 0 Å². The van der Waals surface area contributed by atoms with Crippen LogP contribution < -0.4 is 19.5 Å². The molecule has 1 aliphatic rings. The minimum absolute atomic E-state index is 0.178. The number of rotatable bonds is 9. The SMILES string of the molecule is O=C(COC(=O)CCCOc1cccc(Br)c1)NCC1COc2ccccc2O1. The van der Waals surface area contributed by atoms with E-state index in [4.69, 9.17) is 18.9 Å². The van der Waals surface area contributed by atoms with Gasteiger partial charge in [0.05, 0.1) is 13.2 Å². The van der Waals surface area contributed by atoms with E-state index in [1.165, 1.54) is 0 Å². The van der Waals surface area contributed by atoms with E-state index in [1.54, 1.807) is 0 Å². The van der Waals surface area contributed by atoms with Crippen LogP contribution in [0.15, 0.2) is 53.0 Å². The van der Waals surface area contributed by atoms with Gasteiger partial charge in [-0.1, -0.05) is 34.1 Å². The summed E-state index contributed by atoms with van der Waals surface area (Å²) in [6, 6.07) is 14.8. The van der Waals surface area contributed by atoms with E-state index in [0.717, 1.165) is 10.2 Å². The maximum atomic E-state index is 11.9. The molecule has 0 saturated heterocycles. The Hall–Kier alpha value is -2.74. The summed E-state index contributed by atoms with van der Waals surface area (Å²) in [4.78, 5) is 23.6. The van der Waals surface area contributed by atoms with Crippen LogP contribution >= 0.6 is 15.9 Å². The van der Waals surface area contributed by atoms with Crippen LogP contribution in [0.1, 0.15) is 12.8 Å². The fourth-order valence-corrected chi connectivity index (χ4v) is 3.00. The Labute approximate surface area is 177 Å². The highest BCUT2D eigenvalue weighted by molar-refractivity contribution is 9.10. The van der Waals surface area contributed by atoms with E-state index in [2.05, 4.69) is 21.2 Å². The number of halogens is 1. The molecule has 8 heteroatoms. The summed E-state index contributed by atoms with van der Waals surface area (Å²) in [6.07, 6.45) is 0.386. The fourth-order valence-electron chi connectivity index (χ4n) is 2.62. The van der Waals surface area contributed by atoms with Gasteiger partial charge in [-0.3, -0.25) is 9.59 Å². The smallest absolute Gasteiger partial charge is 0.306 e. The van der Waals surface area contributed by atoms with Gasteiger partial charge in [-0.25, -0.2) is 0 Å². The Bertz CT molecular complexity index is 843. The summed E-state index contributed by atoms with van der Waals surface area (Å²) in [5.74, 6) is 1.24. The highest BCUT2D eigenvalue weighted by Crippen LogP contribution is 2.30. The molecule has 1 unspecified atom stereocenters. The van der Waals surface area contributed by atoms with Gasteiger partial charge in [0.25, 0.3) is 5.91 Å². The molecule has 1 heterocycles. The topological polar surface area (TPSA) is 83.1 Å². The first kappa shape index (κ1) is 21.0. The minimum atomic E-state index is -0.441. The molecule has 0 saturated carbocycles. The molecule has 1 aliphatic heterocycles. The van der Waals surface area contributed by atoms with Crippen molar-refractivity contribution in [3.8, 4) is 17.2 Å². The molecule has 1 amide bonds. The normalized spacial score (nSPS) is 14.7. The van der Waals surface area contributed by atoms with Crippen LogP contribution in [0.3, 0.4) is 0 Å². The van der Waals surface area contributed by atoms with Crippen LogP contribution in [-0.2, 0) is 14.3 Å². The van der Waals surface area contributed by atoms with Crippen molar-refractivity contribution in [2.24, 2.45) is 0 Å². The molecule has 7 nitrogen and oxygen atoms in total. The van der Waals surface area contributed by atoms with Crippen molar-refractivity contribution in [3.63, 3.8) is 0 Å². The van der Waals surface area contributed by atoms with E-state index in [0.29, 0.717) is 31.1 Å². The second-order valence-corrected chi connectivity index (χ2v) is 7.29. The average molecular weight is 464 g/mol. The Kier molecular flexibility index (Phi) is 7.75. The molecule has 0 bridgehead atoms. The lowest BCUT2D eigenvalue weighted by Crippen LogP contribution is -2.42. The monoisotopic (exact) mass is 463 g/mol. The first-order valence-corrected chi connectivity index (χ1v) is 10.1. The van der Waals surface area contributed by atoms with Gasteiger partial charge in [0.1, 0.15) is 18.5 Å². The highest BCUT2D eigenvalue weighted by atomic mass is 79.9. The second-order valence-electron chi connectivity index (χ2n) is 6.37. The van der Waals surface area contributed by atoms with Gasteiger partial charge in [-0.15, -0.1) is 0 Å². The quantitative estimate of drug-likeness (QED) is 0.454. The summed E-state index contributed by atoms with van der Waals surface area (Å²) in [5, 5.41) is 2.68. The van der Waals surface area contributed by atoms with Crippen LogP contribution in [0.4, 0.5) is 0 Å². The third kappa shape index (κ3) is 6.98. The molecule has 0 aromatic heterocycles. The van der Waals surface area contributed by atoms with Gasteiger partial charge >= 0.3 is 5.97 Å². The van der Waals surface area contributed by atoms with Crippen molar-refractivity contribution >= 4 is 27.8 Å². The summed E-state index contributed by atoms with van der Waals surface area (Å²) in [6.45, 7) is 0.675. The van der Waals surface area contributed by atoms with E-state index in [-0.39, 0.29) is 31.6 Å². The molecule has 1 N–H and O–H groups in total. The standard InChI is InChI=1S/C21H22BrNO6/c22-15-5-3-6-16(11-15)26-10-4-9-21(25)28-14-20(24)23-12-17-13-27-18-7-1-2-8-19(18)29-17/h1-3,5-8,11,17H,4,9-10,12-14H2,(H,23,24). The molecule has 0 spiro atoms. The summed E-state index contributed by atoms with van der Waals surface area (Å²) in [5.41, 5.74) is 0. The molecule has 0 radical (unpaired) electrons. The molecule has 0 fully saturated rings. The number of benzene rings is 2. The number of para-hydroxylation sites is 2. The minimum Gasteiger partial charge on any atom is -0.494 e. The third-order valence-electron chi connectivity index (χ3n) is 4.05. The molecular weight excluding hydrogens is 442 g/mol. The average Bonchev–Trinajstić information content (AvgIpc) is 2.73. The fraction of sp³-hybridized carbons (Fsp3) is 0.333.